The van der Waals surface area contributed by atoms with Gasteiger partial charge >= 0.3 is 18.3 Å². The topological polar surface area (TPSA) is 37.4 Å². The van der Waals surface area contributed by atoms with Gasteiger partial charge in [0.1, 0.15) is 0 Å². The Balaban J connectivity index is 3.16. The van der Waals surface area contributed by atoms with E-state index in [-0.39, 0.29) is 22.7 Å². The number of alkyl halides is 6. The number of halogens is 6. The summed E-state index contributed by atoms with van der Waals surface area (Å²) in [6.45, 7) is 1.20. The van der Waals surface area contributed by atoms with Gasteiger partial charge in [0, 0.05) is 12.3 Å². The molecule has 0 saturated carbocycles. The molecular weight excluding hydrogens is 328 g/mol. The summed E-state index contributed by atoms with van der Waals surface area (Å²) in [4.78, 5) is 22.2. The lowest BCUT2D eigenvalue weighted by atomic mass is 10.1. The third kappa shape index (κ3) is 5.11. The van der Waals surface area contributed by atoms with E-state index >= 15 is 0 Å². The van der Waals surface area contributed by atoms with Crippen molar-refractivity contribution in [2.75, 3.05) is 0 Å². The van der Waals surface area contributed by atoms with Crippen LogP contribution in [0.3, 0.4) is 0 Å². The van der Waals surface area contributed by atoms with Gasteiger partial charge in [-0.15, -0.1) is 0 Å². The second kappa shape index (κ2) is 6.84. The molecule has 23 heavy (non-hydrogen) atoms. The second-order valence-electron chi connectivity index (χ2n) is 4.47. The minimum atomic E-state index is -5.30. The van der Waals surface area contributed by atoms with E-state index in [1.807, 2.05) is 0 Å². The molecule has 9 heteroatoms. The van der Waals surface area contributed by atoms with Crippen LogP contribution in [0.2, 0.25) is 0 Å². The molecular formula is C14H11F6NO2. The van der Waals surface area contributed by atoms with Gasteiger partial charge in [0.15, 0.2) is 0 Å². The summed E-state index contributed by atoms with van der Waals surface area (Å²) in [6, 6.07) is 6.15. The second-order valence-corrected chi connectivity index (χ2v) is 4.47. The van der Waals surface area contributed by atoms with Gasteiger partial charge in [0.05, 0.1) is 6.04 Å². The number of rotatable bonds is 4. The van der Waals surface area contributed by atoms with Gasteiger partial charge in [-0.2, -0.15) is 26.3 Å². The zero-order chi connectivity index (χ0) is 17.8. The summed E-state index contributed by atoms with van der Waals surface area (Å²) in [6.07, 6.45) is -10.4. The maximum atomic E-state index is 12.6. The van der Waals surface area contributed by atoms with Crippen LogP contribution in [0.4, 0.5) is 26.3 Å². The molecule has 0 radical (unpaired) electrons. The molecule has 0 bridgehead atoms. The van der Waals surface area contributed by atoms with E-state index in [1.165, 1.54) is 31.2 Å². The number of carbonyl (C=O) groups is 2. The lowest BCUT2D eigenvalue weighted by Crippen LogP contribution is -2.39. The van der Waals surface area contributed by atoms with E-state index in [1.54, 1.807) is 6.07 Å². The monoisotopic (exact) mass is 339 g/mol. The fourth-order valence-corrected chi connectivity index (χ4v) is 1.65. The molecule has 0 heterocycles. The maximum Gasteiger partial charge on any atom is 0.471 e. The van der Waals surface area contributed by atoms with E-state index < -0.39 is 30.1 Å². The van der Waals surface area contributed by atoms with Gasteiger partial charge in [-0.3, -0.25) is 9.59 Å². The lowest BCUT2D eigenvalue weighted by molar-refractivity contribution is -0.184. The summed E-state index contributed by atoms with van der Waals surface area (Å²) in [5.41, 5.74) is 0.259. The van der Waals surface area contributed by atoms with E-state index in [0.29, 0.717) is 0 Å². The summed E-state index contributed by atoms with van der Waals surface area (Å²) in [7, 11) is 0. The molecule has 3 nitrogen and oxygen atoms in total. The highest BCUT2D eigenvalue weighted by Gasteiger charge is 2.44. The summed E-state index contributed by atoms with van der Waals surface area (Å²) < 4.78 is 74.2. The quantitative estimate of drug-likeness (QED) is 0.618. The Hall–Kier alpha value is -2.32. The van der Waals surface area contributed by atoms with Crippen LogP contribution in [0.5, 0.6) is 0 Å². The van der Waals surface area contributed by atoms with Gasteiger partial charge in [-0.25, -0.2) is 0 Å². The largest absolute Gasteiger partial charge is 0.471 e. The zero-order valence-electron chi connectivity index (χ0n) is 11.7. The lowest BCUT2D eigenvalue weighted by Gasteiger charge is -2.27. The normalized spacial score (nSPS) is 13.9. The third-order valence-corrected chi connectivity index (χ3v) is 2.84. The Kier molecular flexibility index (Phi) is 5.57. The molecule has 1 rings (SSSR count). The highest BCUT2D eigenvalue weighted by Crippen LogP contribution is 2.27. The standard InChI is InChI=1S/C14H11F6NO2/c1-9(10-5-3-2-4-6-10)21(12(23)14(18,19)20)8-7-11(22)13(15,16)17/h2-9H,1H3/b8-7+/t9-/m1/s1. The Morgan fingerprint density at radius 2 is 1.52 bits per heavy atom. The number of hydrogen-bond acceptors (Lipinski definition) is 2. The molecule has 0 aliphatic heterocycles. The first-order valence-electron chi connectivity index (χ1n) is 6.18. The average Bonchev–Trinajstić information content (AvgIpc) is 2.45. The Morgan fingerprint density at radius 3 is 1.96 bits per heavy atom. The first kappa shape index (κ1) is 18.7. The summed E-state index contributed by atoms with van der Waals surface area (Å²) in [5, 5.41) is 0. The van der Waals surface area contributed by atoms with E-state index in [4.69, 9.17) is 0 Å². The van der Waals surface area contributed by atoms with Gasteiger partial charge in [0.25, 0.3) is 5.78 Å². The highest BCUT2D eigenvalue weighted by atomic mass is 19.4. The van der Waals surface area contributed by atoms with Crippen LogP contribution in [0.15, 0.2) is 42.6 Å². The molecule has 126 valence electrons. The minimum absolute atomic E-state index is 0.0406. The van der Waals surface area contributed by atoms with Crippen molar-refractivity contribution in [2.24, 2.45) is 0 Å². The van der Waals surface area contributed by atoms with Gasteiger partial charge in [0.2, 0.25) is 0 Å². The average molecular weight is 339 g/mol. The molecule has 0 aliphatic carbocycles. The molecule has 0 spiro atoms. The van der Waals surface area contributed by atoms with Crippen LogP contribution in [0.1, 0.15) is 18.5 Å². The number of benzene rings is 1. The number of allylic oxidation sites excluding steroid dienone is 1. The number of carbonyl (C=O) groups excluding carboxylic acids is 2. The molecule has 1 aromatic carbocycles. The smallest absolute Gasteiger partial charge is 0.304 e. The predicted octanol–water partition coefficient (Wildman–Crippen LogP) is 3.78. The first-order chi connectivity index (χ1) is 10.4. The van der Waals surface area contributed by atoms with Crippen LogP contribution in [0.25, 0.3) is 0 Å². The van der Waals surface area contributed by atoms with Crippen molar-refractivity contribution < 1.29 is 35.9 Å². The van der Waals surface area contributed by atoms with Crippen LogP contribution >= 0.6 is 0 Å². The molecule has 1 aromatic rings. The van der Waals surface area contributed by atoms with Crippen LogP contribution in [-0.4, -0.2) is 28.9 Å². The van der Waals surface area contributed by atoms with E-state index in [0.717, 1.165) is 0 Å². The number of hydrogen-bond donors (Lipinski definition) is 0. The van der Waals surface area contributed by atoms with E-state index in [2.05, 4.69) is 0 Å². The van der Waals surface area contributed by atoms with Crippen molar-refractivity contribution in [1.29, 1.82) is 0 Å². The predicted molar refractivity (Wildman–Crippen MR) is 68.0 cm³/mol. The third-order valence-electron chi connectivity index (χ3n) is 2.84. The molecule has 0 fully saturated rings. The van der Waals surface area contributed by atoms with Gasteiger partial charge in [-0.05, 0) is 12.5 Å². The van der Waals surface area contributed by atoms with Crippen molar-refractivity contribution >= 4 is 11.7 Å². The summed E-state index contributed by atoms with van der Waals surface area (Å²) in [5.74, 6) is -4.74. The van der Waals surface area contributed by atoms with Gasteiger partial charge < -0.3 is 4.90 Å². The van der Waals surface area contributed by atoms with Crippen LogP contribution < -0.4 is 0 Å². The number of ketones is 1. The number of nitrogens with zero attached hydrogens (tertiary/aromatic N) is 1. The zero-order valence-corrected chi connectivity index (χ0v) is 11.7. The fourth-order valence-electron chi connectivity index (χ4n) is 1.65. The molecule has 0 N–H and O–H groups in total. The highest BCUT2D eigenvalue weighted by molar-refractivity contribution is 5.95. The fraction of sp³-hybridized carbons (Fsp3) is 0.286. The van der Waals surface area contributed by atoms with Crippen LogP contribution in [0, 0.1) is 0 Å². The Morgan fingerprint density at radius 1 is 1.00 bits per heavy atom. The molecule has 1 atom stereocenters. The van der Waals surface area contributed by atoms with Gasteiger partial charge in [-0.1, -0.05) is 30.3 Å². The Bertz CT molecular complexity index is 592. The first-order valence-corrected chi connectivity index (χ1v) is 6.18. The molecule has 0 aliphatic rings. The van der Waals surface area contributed by atoms with Crippen molar-refractivity contribution in [1.82, 2.24) is 4.90 Å². The minimum Gasteiger partial charge on any atom is -0.304 e. The van der Waals surface area contributed by atoms with Crippen molar-refractivity contribution in [3.8, 4) is 0 Å². The summed E-state index contributed by atoms with van der Waals surface area (Å²) >= 11 is 0. The molecule has 0 aromatic heterocycles. The van der Waals surface area contributed by atoms with Crippen molar-refractivity contribution in [2.45, 2.75) is 25.3 Å². The van der Waals surface area contributed by atoms with E-state index in [9.17, 15) is 35.9 Å². The molecule has 0 unspecified atom stereocenters. The molecule has 1 amide bonds. The maximum absolute atomic E-state index is 12.6. The van der Waals surface area contributed by atoms with Crippen molar-refractivity contribution in [3.63, 3.8) is 0 Å². The van der Waals surface area contributed by atoms with Crippen LogP contribution in [-0.2, 0) is 9.59 Å². The Labute approximate surface area is 127 Å². The van der Waals surface area contributed by atoms with Crippen molar-refractivity contribution in [3.05, 3.63) is 48.2 Å². The SMILES string of the molecule is C[C@H](c1ccccc1)N(/C=C/C(=O)C(F)(F)F)C(=O)C(F)(F)F. The molecule has 0 saturated heterocycles. The number of amides is 1.